The molecule has 19 heavy (non-hydrogen) atoms. The van der Waals surface area contributed by atoms with Crippen LogP contribution in [0.4, 0.5) is 17.3 Å². The van der Waals surface area contributed by atoms with Gasteiger partial charge in [-0.15, -0.1) is 0 Å². The van der Waals surface area contributed by atoms with Crippen LogP contribution >= 0.6 is 0 Å². The Morgan fingerprint density at radius 2 is 2.32 bits per heavy atom. The SMILES string of the molecule is Nc1ccc(NCC2CN3CCCC3CO2)nc1N. The normalized spacial score (nSPS) is 27.2. The summed E-state index contributed by atoms with van der Waals surface area (Å²) in [6.07, 6.45) is 2.79. The molecule has 0 aliphatic carbocycles. The van der Waals surface area contributed by atoms with Crippen molar-refractivity contribution < 1.29 is 4.74 Å². The van der Waals surface area contributed by atoms with Crippen molar-refractivity contribution in [3.63, 3.8) is 0 Å². The Labute approximate surface area is 113 Å². The molecule has 2 aliphatic rings. The number of pyridine rings is 1. The van der Waals surface area contributed by atoms with Gasteiger partial charge in [-0.1, -0.05) is 0 Å². The second-order valence-corrected chi connectivity index (χ2v) is 5.30. The van der Waals surface area contributed by atoms with Gasteiger partial charge in [-0.3, -0.25) is 4.90 Å². The maximum atomic E-state index is 5.88. The van der Waals surface area contributed by atoms with E-state index in [0.29, 0.717) is 17.5 Å². The first-order chi connectivity index (χ1) is 9.22. The maximum absolute atomic E-state index is 5.88. The van der Waals surface area contributed by atoms with E-state index in [1.54, 1.807) is 6.07 Å². The first-order valence-corrected chi connectivity index (χ1v) is 6.84. The molecule has 0 spiro atoms. The van der Waals surface area contributed by atoms with Crippen LogP contribution in [0.25, 0.3) is 0 Å². The average molecular weight is 263 g/mol. The molecule has 1 aromatic rings. The largest absolute Gasteiger partial charge is 0.396 e. The van der Waals surface area contributed by atoms with E-state index in [1.165, 1.54) is 19.4 Å². The number of nitrogen functional groups attached to an aromatic ring is 2. The zero-order chi connectivity index (χ0) is 13.2. The van der Waals surface area contributed by atoms with Crippen LogP contribution in [0.1, 0.15) is 12.8 Å². The van der Waals surface area contributed by atoms with Gasteiger partial charge in [-0.05, 0) is 31.5 Å². The van der Waals surface area contributed by atoms with Crippen molar-refractivity contribution >= 4 is 17.3 Å². The number of nitrogens with two attached hydrogens (primary N) is 2. The number of hydrogen-bond acceptors (Lipinski definition) is 6. The first kappa shape index (κ1) is 12.5. The fraction of sp³-hybridized carbons (Fsp3) is 0.615. The lowest BCUT2D eigenvalue weighted by atomic mass is 10.2. The van der Waals surface area contributed by atoms with Crippen LogP contribution in [-0.2, 0) is 4.74 Å². The molecule has 3 heterocycles. The Kier molecular flexibility index (Phi) is 3.44. The lowest BCUT2D eigenvalue weighted by molar-refractivity contribution is -0.0416. The third-order valence-corrected chi connectivity index (χ3v) is 3.93. The number of nitrogens with zero attached hydrogens (tertiary/aromatic N) is 2. The van der Waals surface area contributed by atoms with Crippen molar-refractivity contribution in [3.05, 3.63) is 12.1 Å². The molecule has 2 aliphatic heterocycles. The van der Waals surface area contributed by atoms with Gasteiger partial charge in [0.1, 0.15) is 11.6 Å². The molecule has 2 unspecified atom stereocenters. The molecular formula is C13H21N5O. The molecule has 0 aromatic carbocycles. The highest BCUT2D eigenvalue weighted by Crippen LogP contribution is 2.23. The van der Waals surface area contributed by atoms with Crippen LogP contribution in [0.3, 0.4) is 0 Å². The van der Waals surface area contributed by atoms with E-state index in [-0.39, 0.29) is 6.10 Å². The third-order valence-electron chi connectivity index (χ3n) is 3.93. The molecule has 2 atom stereocenters. The number of aromatic nitrogens is 1. The second kappa shape index (κ2) is 5.22. The Morgan fingerprint density at radius 1 is 1.42 bits per heavy atom. The lowest BCUT2D eigenvalue weighted by Gasteiger charge is -2.35. The lowest BCUT2D eigenvalue weighted by Crippen LogP contribution is -2.48. The van der Waals surface area contributed by atoms with E-state index in [9.17, 15) is 0 Å². The van der Waals surface area contributed by atoms with Crippen molar-refractivity contribution in [1.82, 2.24) is 9.88 Å². The van der Waals surface area contributed by atoms with E-state index in [2.05, 4.69) is 15.2 Å². The van der Waals surface area contributed by atoms with Gasteiger partial charge >= 0.3 is 0 Å². The van der Waals surface area contributed by atoms with Crippen LogP contribution in [0.2, 0.25) is 0 Å². The highest BCUT2D eigenvalue weighted by atomic mass is 16.5. The van der Waals surface area contributed by atoms with Crippen molar-refractivity contribution in [1.29, 1.82) is 0 Å². The smallest absolute Gasteiger partial charge is 0.149 e. The summed E-state index contributed by atoms with van der Waals surface area (Å²) >= 11 is 0. The minimum absolute atomic E-state index is 0.218. The first-order valence-electron chi connectivity index (χ1n) is 6.84. The molecule has 0 radical (unpaired) electrons. The third kappa shape index (κ3) is 2.74. The quantitative estimate of drug-likeness (QED) is 0.737. The summed E-state index contributed by atoms with van der Waals surface area (Å²) in [5.41, 5.74) is 11.8. The highest BCUT2D eigenvalue weighted by Gasteiger charge is 2.31. The molecule has 0 amide bonds. The maximum Gasteiger partial charge on any atom is 0.149 e. The van der Waals surface area contributed by atoms with Gasteiger partial charge in [0, 0.05) is 19.1 Å². The molecule has 6 nitrogen and oxygen atoms in total. The van der Waals surface area contributed by atoms with Crippen LogP contribution in [0, 0.1) is 0 Å². The fourth-order valence-electron chi connectivity index (χ4n) is 2.81. The molecule has 3 rings (SSSR count). The van der Waals surface area contributed by atoms with Crippen LogP contribution in [0.5, 0.6) is 0 Å². The predicted octanol–water partition coefficient (Wildman–Crippen LogP) is 0.521. The molecule has 0 bridgehead atoms. The summed E-state index contributed by atoms with van der Waals surface area (Å²) in [6, 6.07) is 4.25. The molecule has 6 heteroatoms. The summed E-state index contributed by atoms with van der Waals surface area (Å²) in [7, 11) is 0. The summed E-state index contributed by atoms with van der Waals surface area (Å²) in [6.45, 7) is 3.81. The van der Waals surface area contributed by atoms with Gasteiger partial charge in [0.15, 0.2) is 0 Å². The van der Waals surface area contributed by atoms with Gasteiger partial charge < -0.3 is 21.5 Å². The predicted molar refractivity (Wildman–Crippen MR) is 75.9 cm³/mol. The highest BCUT2D eigenvalue weighted by molar-refractivity contribution is 5.61. The second-order valence-electron chi connectivity index (χ2n) is 5.30. The van der Waals surface area contributed by atoms with Gasteiger partial charge in [-0.25, -0.2) is 4.98 Å². The van der Waals surface area contributed by atoms with E-state index in [0.717, 1.165) is 25.5 Å². The standard InChI is InChI=1S/C13H21N5O/c14-11-3-4-12(17-13(11)15)16-6-10-7-18-5-1-2-9(18)8-19-10/h3-4,9-10H,1-2,5-8,14H2,(H3,15,16,17). The number of anilines is 3. The number of hydrogen-bond donors (Lipinski definition) is 3. The summed E-state index contributed by atoms with van der Waals surface area (Å²) in [5.74, 6) is 1.12. The Balaban J connectivity index is 1.53. The van der Waals surface area contributed by atoms with Gasteiger partial charge in [0.25, 0.3) is 0 Å². The molecule has 2 fully saturated rings. The molecule has 0 saturated carbocycles. The number of fused-ring (bicyclic) bond motifs is 1. The average Bonchev–Trinajstić information content (AvgIpc) is 2.87. The van der Waals surface area contributed by atoms with E-state index in [1.807, 2.05) is 6.07 Å². The minimum Gasteiger partial charge on any atom is -0.396 e. The van der Waals surface area contributed by atoms with E-state index >= 15 is 0 Å². The number of ether oxygens (including phenoxy) is 1. The molecule has 5 N–H and O–H groups in total. The van der Waals surface area contributed by atoms with Crippen LogP contribution in [-0.4, -0.2) is 48.3 Å². The Hall–Kier alpha value is -1.53. The monoisotopic (exact) mass is 263 g/mol. The van der Waals surface area contributed by atoms with Gasteiger partial charge in [0.05, 0.1) is 18.4 Å². The zero-order valence-electron chi connectivity index (χ0n) is 11.0. The van der Waals surface area contributed by atoms with E-state index in [4.69, 9.17) is 16.2 Å². The minimum atomic E-state index is 0.218. The Morgan fingerprint density at radius 3 is 3.16 bits per heavy atom. The zero-order valence-corrected chi connectivity index (χ0v) is 11.0. The van der Waals surface area contributed by atoms with Gasteiger partial charge in [-0.2, -0.15) is 0 Å². The fourth-order valence-corrected chi connectivity index (χ4v) is 2.81. The number of morpholine rings is 1. The van der Waals surface area contributed by atoms with Crippen molar-refractivity contribution in [2.24, 2.45) is 0 Å². The van der Waals surface area contributed by atoms with Crippen molar-refractivity contribution in [2.45, 2.75) is 25.0 Å². The Bertz CT molecular complexity index is 453. The topological polar surface area (TPSA) is 89.4 Å². The van der Waals surface area contributed by atoms with Crippen LogP contribution < -0.4 is 16.8 Å². The molecule has 2 saturated heterocycles. The van der Waals surface area contributed by atoms with Crippen LogP contribution in [0.15, 0.2) is 12.1 Å². The van der Waals surface area contributed by atoms with E-state index < -0.39 is 0 Å². The van der Waals surface area contributed by atoms with Crippen molar-refractivity contribution in [3.8, 4) is 0 Å². The molecule has 104 valence electrons. The number of rotatable bonds is 3. The number of nitrogens with one attached hydrogen (secondary N) is 1. The molecule has 1 aromatic heterocycles. The summed E-state index contributed by atoms with van der Waals surface area (Å²) in [4.78, 5) is 6.72. The molecular weight excluding hydrogens is 242 g/mol. The summed E-state index contributed by atoms with van der Waals surface area (Å²) in [5, 5.41) is 3.26. The van der Waals surface area contributed by atoms with Gasteiger partial charge in [0.2, 0.25) is 0 Å². The van der Waals surface area contributed by atoms with Crippen molar-refractivity contribution in [2.75, 3.05) is 43.0 Å². The summed E-state index contributed by atoms with van der Waals surface area (Å²) < 4.78 is 5.88.